The molecule has 0 bridgehead atoms. The average molecular weight is 281 g/mol. The summed E-state index contributed by atoms with van der Waals surface area (Å²) in [7, 11) is 0. The summed E-state index contributed by atoms with van der Waals surface area (Å²) in [6, 6.07) is 16.0. The number of para-hydroxylation sites is 1. The normalized spacial score (nSPS) is 16.7. The van der Waals surface area contributed by atoms with E-state index in [1.54, 1.807) is 0 Å². The lowest BCUT2D eigenvalue weighted by Crippen LogP contribution is -2.37. The zero-order valence-electron chi connectivity index (χ0n) is 12.1. The highest BCUT2D eigenvalue weighted by molar-refractivity contribution is 5.79. The molecule has 1 amide bonds. The standard InChI is InChI=1S/C18H19NO2/c1-13-6-2-3-8-15(13)11-19-18(20)16-10-14-7-4-5-9-17(14)21-12-16/h2-9,16H,10-12H2,1H3,(H,19,20). The number of carbonyl (C=O) groups excluding carboxylic acids is 1. The molecular weight excluding hydrogens is 262 g/mol. The van der Waals surface area contributed by atoms with Crippen LogP contribution in [0.2, 0.25) is 0 Å². The highest BCUT2D eigenvalue weighted by Crippen LogP contribution is 2.26. The summed E-state index contributed by atoms with van der Waals surface area (Å²) in [6.07, 6.45) is 0.746. The summed E-state index contributed by atoms with van der Waals surface area (Å²) in [4.78, 5) is 12.3. The van der Waals surface area contributed by atoms with Crippen molar-refractivity contribution in [2.75, 3.05) is 6.61 Å². The highest BCUT2D eigenvalue weighted by atomic mass is 16.5. The van der Waals surface area contributed by atoms with Gasteiger partial charge in [0.25, 0.3) is 0 Å². The predicted molar refractivity (Wildman–Crippen MR) is 82.2 cm³/mol. The van der Waals surface area contributed by atoms with Crippen molar-refractivity contribution < 1.29 is 9.53 Å². The lowest BCUT2D eigenvalue weighted by Gasteiger charge is -2.24. The van der Waals surface area contributed by atoms with Crippen LogP contribution in [0.1, 0.15) is 16.7 Å². The molecule has 0 aliphatic carbocycles. The van der Waals surface area contributed by atoms with E-state index in [1.807, 2.05) is 42.5 Å². The van der Waals surface area contributed by atoms with E-state index >= 15 is 0 Å². The fourth-order valence-corrected chi connectivity index (χ4v) is 2.63. The van der Waals surface area contributed by atoms with Gasteiger partial charge in [-0.1, -0.05) is 42.5 Å². The van der Waals surface area contributed by atoms with Gasteiger partial charge in [-0.25, -0.2) is 0 Å². The molecule has 21 heavy (non-hydrogen) atoms. The minimum atomic E-state index is -0.107. The van der Waals surface area contributed by atoms with Gasteiger partial charge in [0.1, 0.15) is 12.4 Å². The Kier molecular flexibility index (Phi) is 3.91. The first-order valence-electron chi connectivity index (χ1n) is 7.27. The van der Waals surface area contributed by atoms with E-state index in [2.05, 4.69) is 18.3 Å². The molecule has 1 N–H and O–H groups in total. The van der Waals surface area contributed by atoms with Crippen LogP contribution in [0.15, 0.2) is 48.5 Å². The van der Waals surface area contributed by atoms with Gasteiger partial charge < -0.3 is 10.1 Å². The molecule has 3 heteroatoms. The first-order valence-corrected chi connectivity index (χ1v) is 7.27. The van der Waals surface area contributed by atoms with Crippen molar-refractivity contribution >= 4 is 5.91 Å². The van der Waals surface area contributed by atoms with Crippen molar-refractivity contribution in [3.05, 3.63) is 65.2 Å². The van der Waals surface area contributed by atoms with Crippen LogP contribution in [0.3, 0.4) is 0 Å². The molecule has 2 aromatic carbocycles. The number of amides is 1. The fraction of sp³-hybridized carbons (Fsp3) is 0.278. The first-order chi connectivity index (χ1) is 10.2. The molecule has 3 nitrogen and oxygen atoms in total. The van der Waals surface area contributed by atoms with Gasteiger partial charge in [-0.2, -0.15) is 0 Å². The average Bonchev–Trinajstić information content (AvgIpc) is 2.53. The maximum absolute atomic E-state index is 12.3. The second-order valence-corrected chi connectivity index (χ2v) is 5.46. The summed E-state index contributed by atoms with van der Waals surface area (Å²) in [5.74, 6) is 0.858. The van der Waals surface area contributed by atoms with Crippen LogP contribution in [0.5, 0.6) is 5.75 Å². The number of benzene rings is 2. The van der Waals surface area contributed by atoms with Crippen molar-refractivity contribution in [1.82, 2.24) is 5.32 Å². The summed E-state index contributed by atoms with van der Waals surface area (Å²) in [6.45, 7) is 3.09. The molecular formula is C18H19NO2. The predicted octanol–water partition coefficient (Wildman–Crippen LogP) is 2.86. The number of fused-ring (bicyclic) bond motifs is 1. The largest absolute Gasteiger partial charge is 0.492 e. The van der Waals surface area contributed by atoms with Crippen molar-refractivity contribution in [3.8, 4) is 5.75 Å². The van der Waals surface area contributed by atoms with Gasteiger partial charge in [-0.15, -0.1) is 0 Å². The number of ether oxygens (including phenoxy) is 1. The lowest BCUT2D eigenvalue weighted by molar-refractivity contribution is -0.126. The van der Waals surface area contributed by atoms with Gasteiger partial charge in [-0.3, -0.25) is 4.79 Å². The minimum absolute atomic E-state index is 0.0627. The zero-order chi connectivity index (χ0) is 14.7. The smallest absolute Gasteiger partial charge is 0.227 e. The number of carbonyl (C=O) groups is 1. The summed E-state index contributed by atoms with van der Waals surface area (Å²) < 4.78 is 5.67. The molecule has 2 aromatic rings. The van der Waals surface area contributed by atoms with E-state index in [0.717, 1.165) is 23.3 Å². The van der Waals surface area contributed by atoms with Crippen molar-refractivity contribution in [1.29, 1.82) is 0 Å². The van der Waals surface area contributed by atoms with Crippen LogP contribution in [0, 0.1) is 12.8 Å². The van der Waals surface area contributed by atoms with Crippen molar-refractivity contribution in [3.63, 3.8) is 0 Å². The third-order valence-electron chi connectivity index (χ3n) is 3.96. The van der Waals surface area contributed by atoms with Gasteiger partial charge >= 0.3 is 0 Å². The van der Waals surface area contributed by atoms with E-state index in [4.69, 9.17) is 4.74 Å². The monoisotopic (exact) mass is 281 g/mol. The summed E-state index contributed by atoms with van der Waals surface area (Å²) >= 11 is 0. The van der Waals surface area contributed by atoms with Crippen LogP contribution in [-0.4, -0.2) is 12.5 Å². The molecule has 1 heterocycles. The Hall–Kier alpha value is -2.29. The molecule has 1 unspecified atom stereocenters. The molecule has 0 aromatic heterocycles. The molecule has 1 atom stereocenters. The van der Waals surface area contributed by atoms with E-state index in [-0.39, 0.29) is 11.8 Å². The first kappa shape index (κ1) is 13.7. The van der Waals surface area contributed by atoms with Crippen molar-refractivity contribution in [2.45, 2.75) is 19.9 Å². The molecule has 0 fully saturated rings. The molecule has 3 rings (SSSR count). The SMILES string of the molecule is Cc1ccccc1CNC(=O)C1COc2ccccc2C1. The van der Waals surface area contributed by atoms with E-state index in [9.17, 15) is 4.79 Å². The molecule has 0 saturated heterocycles. The Bertz CT molecular complexity index is 651. The molecule has 0 spiro atoms. The maximum atomic E-state index is 12.3. The molecule has 0 saturated carbocycles. The molecule has 108 valence electrons. The number of aryl methyl sites for hydroxylation is 1. The number of nitrogens with one attached hydrogen (secondary N) is 1. The summed E-state index contributed by atoms with van der Waals surface area (Å²) in [5, 5.41) is 3.02. The van der Waals surface area contributed by atoms with E-state index in [0.29, 0.717) is 13.2 Å². The second kappa shape index (κ2) is 6.00. The number of rotatable bonds is 3. The van der Waals surface area contributed by atoms with Gasteiger partial charge in [0.15, 0.2) is 0 Å². The molecule has 1 aliphatic heterocycles. The maximum Gasteiger partial charge on any atom is 0.227 e. The van der Waals surface area contributed by atoms with E-state index < -0.39 is 0 Å². The fourth-order valence-electron chi connectivity index (χ4n) is 2.63. The van der Waals surface area contributed by atoms with Gasteiger partial charge in [0.05, 0.1) is 5.92 Å². The van der Waals surface area contributed by atoms with Gasteiger partial charge in [0.2, 0.25) is 5.91 Å². The minimum Gasteiger partial charge on any atom is -0.492 e. The van der Waals surface area contributed by atoms with Crippen molar-refractivity contribution in [2.24, 2.45) is 5.92 Å². The van der Waals surface area contributed by atoms with Crippen LogP contribution < -0.4 is 10.1 Å². The number of hydrogen-bond donors (Lipinski definition) is 1. The van der Waals surface area contributed by atoms with Crippen LogP contribution >= 0.6 is 0 Å². The lowest BCUT2D eigenvalue weighted by atomic mass is 9.96. The highest BCUT2D eigenvalue weighted by Gasteiger charge is 2.25. The number of hydrogen-bond acceptors (Lipinski definition) is 2. The zero-order valence-corrected chi connectivity index (χ0v) is 12.1. The van der Waals surface area contributed by atoms with Gasteiger partial charge in [-0.05, 0) is 36.1 Å². The molecule has 0 radical (unpaired) electrons. The summed E-state index contributed by atoms with van der Waals surface area (Å²) in [5.41, 5.74) is 3.46. The topological polar surface area (TPSA) is 38.3 Å². The Morgan fingerprint density at radius 2 is 1.95 bits per heavy atom. The second-order valence-electron chi connectivity index (χ2n) is 5.46. The van der Waals surface area contributed by atoms with Crippen LogP contribution in [0.4, 0.5) is 0 Å². The third kappa shape index (κ3) is 3.07. The quantitative estimate of drug-likeness (QED) is 0.939. The van der Waals surface area contributed by atoms with Crippen LogP contribution in [0.25, 0.3) is 0 Å². The third-order valence-corrected chi connectivity index (χ3v) is 3.96. The van der Waals surface area contributed by atoms with E-state index in [1.165, 1.54) is 5.56 Å². The Labute approximate surface area is 124 Å². The Balaban J connectivity index is 1.61. The Morgan fingerprint density at radius 1 is 1.19 bits per heavy atom. The van der Waals surface area contributed by atoms with Crippen LogP contribution in [-0.2, 0) is 17.8 Å². The molecule has 1 aliphatic rings. The van der Waals surface area contributed by atoms with Gasteiger partial charge in [0, 0.05) is 6.54 Å². The Morgan fingerprint density at radius 3 is 2.81 bits per heavy atom.